The summed E-state index contributed by atoms with van der Waals surface area (Å²) < 4.78 is 68.6. The standard InChI is InChI=1S/C16H23N3O2.2C2HF3O2/c1-21-14-5-2-4-13(18-14)12-19-10-3-6-16(8-11-19)7-9-17-15(16)20;2*3-2(4,5)1(6)7/h2,4-5H,3,6-12H2,1H3,(H,17,20);2*(H,6,7). The Bertz CT molecular complexity index is 856. The molecule has 1 spiro atoms. The average molecular weight is 517 g/mol. The van der Waals surface area contributed by atoms with Gasteiger partial charge in [-0.25, -0.2) is 14.6 Å². The molecule has 1 aromatic heterocycles. The first-order valence-corrected chi connectivity index (χ1v) is 10.2. The number of nitrogens with one attached hydrogen (secondary N) is 1. The molecule has 0 bridgehead atoms. The second kappa shape index (κ2) is 12.6. The SMILES string of the molecule is COc1cccc(CN2CCCC3(CCNC3=O)CC2)n1.O=C(O)C(F)(F)F.O=C(O)C(F)(F)F. The van der Waals surface area contributed by atoms with E-state index in [9.17, 15) is 31.1 Å². The van der Waals surface area contributed by atoms with Crippen LogP contribution in [-0.4, -0.2) is 77.0 Å². The van der Waals surface area contributed by atoms with Crippen molar-refractivity contribution in [3.63, 3.8) is 0 Å². The van der Waals surface area contributed by atoms with Crippen LogP contribution in [0.25, 0.3) is 0 Å². The van der Waals surface area contributed by atoms with E-state index in [-0.39, 0.29) is 11.3 Å². The number of halogens is 6. The summed E-state index contributed by atoms with van der Waals surface area (Å²) in [5.41, 5.74) is 0.928. The Kier molecular flexibility index (Phi) is 10.7. The van der Waals surface area contributed by atoms with Gasteiger partial charge in [0.25, 0.3) is 0 Å². The summed E-state index contributed by atoms with van der Waals surface area (Å²) in [4.78, 5) is 36.8. The molecule has 3 rings (SSSR count). The third kappa shape index (κ3) is 9.96. The average Bonchev–Trinajstić information content (AvgIpc) is 2.98. The molecule has 2 aliphatic rings. The van der Waals surface area contributed by atoms with E-state index >= 15 is 0 Å². The maximum atomic E-state index is 12.1. The van der Waals surface area contributed by atoms with Crippen molar-refractivity contribution in [2.75, 3.05) is 26.7 Å². The van der Waals surface area contributed by atoms with Crippen LogP contribution >= 0.6 is 0 Å². The number of alkyl halides is 6. The van der Waals surface area contributed by atoms with Crippen LogP contribution in [0, 0.1) is 5.41 Å². The molecule has 0 radical (unpaired) electrons. The smallest absolute Gasteiger partial charge is 0.481 e. The molecular formula is C20H25F6N3O6. The molecule has 3 N–H and O–H groups in total. The maximum Gasteiger partial charge on any atom is 0.490 e. The summed E-state index contributed by atoms with van der Waals surface area (Å²) >= 11 is 0. The van der Waals surface area contributed by atoms with Crippen LogP contribution in [0.2, 0.25) is 0 Å². The summed E-state index contributed by atoms with van der Waals surface area (Å²) in [6.07, 6.45) is -6.11. The Morgan fingerprint density at radius 2 is 1.63 bits per heavy atom. The van der Waals surface area contributed by atoms with Crippen molar-refractivity contribution >= 4 is 17.8 Å². The van der Waals surface area contributed by atoms with Gasteiger partial charge < -0.3 is 20.3 Å². The molecule has 1 atom stereocenters. The molecule has 2 aliphatic heterocycles. The van der Waals surface area contributed by atoms with Gasteiger partial charge in [-0.05, 0) is 44.8 Å². The highest BCUT2D eigenvalue weighted by molar-refractivity contribution is 5.84. The first kappa shape index (κ1) is 29.9. The number of carbonyl (C=O) groups excluding carboxylic acids is 1. The Hall–Kier alpha value is -3.10. The largest absolute Gasteiger partial charge is 0.490 e. The number of aliphatic carboxylic acids is 2. The second-order valence-corrected chi connectivity index (χ2v) is 7.69. The van der Waals surface area contributed by atoms with E-state index in [1.165, 1.54) is 0 Å². The van der Waals surface area contributed by atoms with Gasteiger partial charge in [-0.2, -0.15) is 26.3 Å². The van der Waals surface area contributed by atoms with Gasteiger partial charge in [-0.1, -0.05) is 6.07 Å². The molecule has 0 aliphatic carbocycles. The number of rotatable bonds is 3. The quantitative estimate of drug-likeness (QED) is 0.523. The van der Waals surface area contributed by atoms with Gasteiger partial charge in [0.2, 0.25) is 11.8 Å². The molecule has 3 heterocycles. The number of likely N-dealkylation sites (tertiary alicyclic amines) is 1. The molecular weight excluding hydrogens is 492 g/mol. The van der Waals surface area contributed by atoms with Gasteiger partial charge >= 0.3 is 24.3 Å². The van der Waals surface area contributed by atoms with Crippen LogP contribution in [0.3, 0.4) is 0 Å². The van der Waals surface area contributed by atoms with Crippen LogP contribution in [-0.2, 0) is 20.9 Å². The zero-order valence-corrected chi connectivity index (χ0v) is 18.6. The summed E-state index contributed by atoms with van der Waals surface area (Å²) in [5.74, 6) is -4.59. The summed E-state index contributed by atoms with van der Waals surface area (Å²) in [6.45, 7) is 3.67. The number of carboxylic acid groups (broad SMARTS) is 2. The lowest BCUT2D eigenvalue weighted by Crippen LogP contribution is -2.32. The second-order valence-electron chi connectivity index (χ2n) is 7.69. The topological polar surface area (TPSA) is 129 Å². The van der Waals surface area contributed by atoms with Crippen molar-refractivity contribution in [3.8, 4) is 5.88 Å². The number of hydrogen-bond acceptors (Lipinski definition) is 6. The normalized spacial score (nSPS) is 20.5. The third-order valence-electron chi connectivity index (χ3n) is 5.27. The van der Waals surface area contributed by atoms with Crippen molar-refractivity contribution < 1.29 is 55.7 Å². The van der Waals surface area contributed by atoms with E-state index in [4.69, 9.17) is 24.5 Å². The van der Waals surface area contributed by atoms with Crippen LogP contribution in [0.4, 0.5) is 26.3 Å². The number of pyridine rings is 1. The predicted molar refractivity (Wildman–Crippen MR) is 107 cm³/mol. The first-order chi connectivity index (χ1) is 16.1. The van der Waals surface area contributed by atoms with E-state index in [1.54, 1.807) is 7.11 Å². The number of ether oxygens (including phenoxy) is 1. The minimum absolute atomic E-state index is 0.101. The highest BCUT2D eigenvalue weighted by atomic mass is 19.4. The molecule has 1 amide bonds. The Balaban J connectivity index is 0.000000362. The van der Waals surface area contributed by atoms with Crippen molar-refractivity contribution in [3.05, 3.63) is 23.9 Å². The number of methoxy groups -OCH3 is 1. The molecule has 9 nitrogen and oxygen atoms in total. The molecule has 0 aromatic carbocycles. The van der Waals surface area contributed by atoms with Crippen LogP contribution in [0.5, 0.6) is 5.88 Å². The van der Waals surface area contributed by atoms with Crippen molar-refractivity contribution in [2.45, 2.75) is 44.6 Å². The highest BCUT2D eigenvalue weighted by Gasteiger charge is 2.43. The van der Waals surface area contributed by atoms with Crippen molar-refractivity contribution in [1.29, 1.82) is 0 Å². The molecule has 0 saturated carbocycles. The summed E-state index contributed by atoms with van der Waals surface area (Å²) in [5, 5.41) is 17.3. The summed E-state index contributed by atoms with van der Waals surface area (Å²) in [7, 11) is 1.64. The van der Waals surface area contributed by atoms with Gasteiger partial charge in [0.05, 0.1) is 18.2 Å². The molecule has 1 unspecified atom stereocenters. The van der Waals surface area contributed by atoms with Crippen molar-refractivity contribution in [1.82, 2.24) is 15.2 Å². The van der Waals surface area contributed by atoms with Gasteiger partial charge in [-0.3, -0.25) is 9.69 Å². The van der Waals surface area contributed by atoms with Crippen molar-refractivity contribution in [2.24, 2.45) is 5.41 Å². The lowest BCUT2D eigenvalue weighted by molar-refractivity contribution is -0.193. The van der Waals surface area contributed by atoms with Gasteiger partial charge in [0.1, 0.15) is 0 Å². The van der Waals surface area contributed by atoms with Crippen LogP contribution in [0.1, 0.15) is 31.4 Å². The zero-order valence-electron chi connectivity index (χ0n) is 18.6. The Morgan fingerprint density at radius 3 is 2.09 bits per heavy atom. The van der Waals surface area contributed by atoms with E-state index in [0.717, 1.165) is 57.6 Å². The minimum atomic E-state index is -5.08. The summed E-state index contributed by atoms with van der Waals surface area (Å²) in [6, 6.07) is 5.88. The van der Waals surface area contributed by atoms with Gasteiger partial charge in [0, 0.05) is 19.2 Å². The number of nitrogens with zero attached hydrogens (tertiary/aromatic N) is 2. The molecule has 15 heteroatoms. The fourth-order valence-corrected chi connectivity index (χ4v) is 3.49. The minimum Gasteiger partial charge on any atom is -0.481 e. The number of carbonyl (C=O) groups is 3. The molecule has 35 heavy (non-hydrogen) atoms. The van der Waals surface area contributed by atoms with E-state index in [2.05, 4.69) is 15.2 Å². The van der Waals surface area contributed by atoms with E-state index in [0.29, 0.717) is 5.88 Å². The van der Waals surface area contributed by atoms with Gasteiger partial charge in [0.15, 0.2) is 0 Å². The molecule has 2 saturated heterocycles. The number of carboxylic acids is 2. The number of aromatic nitrogens is 1. The fourth-order valence-electron chi connectivity index (χ4n) is 3.49. The monoisotopic (exact) mass is 517 g/mol. The number of amides is 1. The Labute approximate surface area is 196 Å². The van der Waals surface area contributed by atoms with E-state index < -0.39 is 24.3 Å². The Morgan fingerprint density at radius 1 is 1.06 bits per heavy atom. The maximum absolute atomic E-state index is 12.1. The van der Waals surface area contributed by atoms with Gasteiger partial charge in [-0.15, -0.1) is 0 Å². The van der Waals surface area contributed by atoms with Crippen LogP contribution < -0.4 is 10.1 Å². The zero-order chi connectivity index (χ0) is 26.9. The van der Waals surface area contributed by atoms with Crippen LogP contribution in [0.15, 0.2) is 18.2 Å². The highest BCUT2D eigenvalue weighted by Crippen LogP contribution is 2.38. The third-order valence-corrected chi connectivity index (χ3v) is 5.27. The first-order valence-electron chi connectivity index (χ1n) is 10.2. The lowest BCUT2D eigenvalue weighted by Gasteiger charge is -2.24. The molecule has 2 fully saturated rings. The molecule has 198 valence electrons. The fraction of sp³-hybridized carbons (Fsp3) is 0.600. The molecule has 1 aromatic rings. The predicted octanol–water partition coefficient (Wildman–Crippen LogP) is 2.85. The van der Waals surface area contributed by atoms with E-state index in [1.807, 2.05) is 18.2 Å². The lowest BCUT2D eigenvalue weighted by atomic mass is 9.79. The number of hydrogen-bond donors (Lipinski definition) is 3.